The lowest BCUT2D eigenvalue weighted by molar-refractivity contribution is -0.110. The van der Waals surface area contributed by atoms with E-state index in [9.17, 15) is 14.7 Å². The first-order chi connectivity index (χ1) is 13.4. The number of hydrogen-bond donors (Lipinski definition) is 4. The van der Waals surface area contributed by atoms with Crippen LogP contribution in [0.2, 0.25) is 0 Å². The van der Waals surface area contributed by atoms with Gasteiger partial charge in [0.05, 0.1) is 11.1 Å². The number of carboxylic acids is 1. The van der Waals surface area contributed by atoms with Crippen LogP contribution < -0.4 is 11.1 Å². The Kier molecular flexibility index (Phi) is 3.96. The monoisotopic (exact) mass is 375 g/mol. The molecule has 5 N–H and O–H groups in total. The van der Waals surface area contributed by atoms with E-state index >= 15 is 0 Å². The summed E-state index contributed by atoms with van der Waals surface area (Å²) in [7, 11) is 0. The number of fused-ring (bicyclic) bond motifs is 1. The summed E-state index contributed by atoms with van der Waals surface area (Å²) in [5.41, 5.74) is 10.8. The van der Waals surface area contributed by atoms with E-state index in [2.05, 4.69) is 20.3 Å². The maximum absolute atomic E-state index is 12.6. The van der Waals surface area contributed by atoms with Crippen LogP contribution in [0, 0.1) is 13.8 Å². The van der Waals surface area contributed by atoms with Gasteiger partial charge in [-0.2, -0.15) is 0 Å². The molecule has 1 aliphatic rings. The fraction of sp³-hybridized carbons (Fsp3) is 0.100. The number of aromatic nitrogens is 3. The molecule has 0 radical (unpaired) electrons. The van der Waals surface area contributed by atoms with E-state index in [1.54, 1.807) is 32.3 Å². The third-order valence-electron chi connectivity index (χ3n) is 4.79. The van der Waals surface area contributed by atoms with Crippen molar-refractivity contribution in [2.75, 3.05) is 11.1 Å². The number of rotatable bonds is 3. The van der Waals surface area contributed by atoms with E-state index in [4.69, 9.17) is 5.73 Å². The molecular formula is C20H17N5O3. The van der Waals surface area contributed by atoms with Gasteiger partial charge in [0, 0.05) is 40.6 Å². The van der Waals surface area contributed by atoms with Crippen LogP contribution in [0.3, 0.4) is 0 Å². The number of aromatic carboxylic acids is 1. The van der Waals surface area contributed by atoms with Crippen LogP contribution in [-0.4, -0.2) is 31.9 Å². The molecule has 0 saturated carbocycles. The van der Waals surface area contributed by atoms with Gasteiger partial charge in [0.2, 0.25) is 5.95 Å². The standard InChI is InChI=1S/C20H17N5O3/c1-9-15(24-10(2)16(9)19(27)28)6-13-17-12(11-7-22-20(21)23-8-11)4-3-5-14(17)25-18(13)26/h3-8,24H,1-2H3,(H,25,26)(H,27,28)(H2,21,22,23)/b13-6-. The Bertz CT molecular complexity index is 1160. The fourth-order valence-corrected chi connectivity index (χ4v) is 3.49. The highest BCUT2D eigenvalue weighted by atomic mass is 16.4. The molecular weight excluding hydrogens is 358 g/mol. The average Bonchev–Trinajstić information content (AvgIpc) is 3.11. The lowest BCUT2D eigenvalue weighted by atomic mass is 9.95. The molecule has 3 heterocycles. The van der Waals surface area contributed by atoms with Crippen LogP contribution in [0.1, 0.15) is 32.9 Å². The van der Waals surface area contributed by atoms with Crippen LogP contribution in [0.4, 0.5) is 11.6 Å². The number of carboxylic acid groups (broad SMARTS) is 1. The second-order valence-electron chi connectivity index (χ2n) is 6.54. The summed E-state index contributed by atoms with van der Waals surface area (Å²) >= 11 is 0. The third kappa shape index (κ3) is 2.71. The van der Waals surface area contributed by atoms with Gasteiger partial charge in [0.15, 0.2) is 0 Å². The molecule has 3 aromatic rings. The van der Waals surface area contributed by atoms with Crippen LogP contribution in [0.5, 0.6) is 0 Å². The Labute approximate surface area is 160 Å². The third-order valence-corrected chi connectivity index (χ3v) is 4.79. The van der Waals surface area contributed by atoms with Gasteiger partial charge in [-0.15, -0.1) is 0 Å². The van der Waals surface area contributed by atoms with Crippen molar-refractivity contribution in [2.24, 2.45) is 0 Å². The van der Waals surface area contributed by atoms with Crippen molar-refractivity contribution in [2.45, 2.75) is 13.8 Å². The Morgan fingerprint density at radius 2 is 1.93 bits per heavy atom. The van der Waals surface area contributed by atoms with E-state index in [1.807, 2.05) is 18.2 Å². The molecule has 28 heavy (non-hydrogen) atoms. The van der Waals surface area contributed by atoms with Gasteiger partial charge < -0.3 is 21.1 Å². The number of anilines is 2. The van der Waals surface area contributed by atoms with Crippen molar-refractivity contribution < 1.29 is 14.7 Å². The number of aryl methyl sites for hydroxylation is 1. The maximum Gasteiger partial charge on any atom is 0.337 e. The normalized spacial score (nSPS) is 14.2. The summed E-state index contributed by atoms with van der Waals surface area (Å²) in [4.78, 5) is 35.2. The molecule has 1 aliphatic heterocycles. The highest BCUT2D eigenvalue weighted by Gasteiger charge is 2.28. The van der Waals surface area contributed by atoms with Crippen molar-refractivity contribution in [3.63, 3.8) is 0 Å². The number of hydrogen-bond acceptors (Lipinski definition) is 5. The number of carbonyl (C=O) groups excluding carboxylic acids is 1. The van der Waals surface area contributed by atoms with Crippen molar-refractivity contribution in [1.29, 1.82) is 0 Å². The molecule has 0 unspecified atom stereocenters. The van der Waals surface area contributed by atoms with Crippen molar-refractivity contribution in [3.8, 4) is 11.1 Å². The number of nitrogens with zero attached hydrogens (tertiary/aromatic N) is 2. The summed E-state index contributed by atoms with van der Waals surface area (Å²) in [6, 6.07) is 5.52. The predicted octanol–water partition coefficient (Wildman–Crippen LogP) is 2.86. The zero-order valence-electron chi connectivity index (χ0n) is 15.2. The van der Waals surface area contributed by atoms with Crippen molar-refractivity contribution in [1.82, 2.24) is 15.0 Å². The number of nitrogens with two attached hydrogens (primary N) is 1. The van der Waals surface area contributed by atoms with Gasteiger partial charge in [-0.05, 0) is 37.1 Å². The molecule has 0 saturated heterocycles. The first-order valence-electron chi connectivity index (χ1n) is 8.53. The molecule has 140 valence electrons. The minimum absolute atomic E-state index is 0.167. The molecule has 4 rings (SSSR count). The number of amides is 1. The second-order valence-corrected chi connectivity index (χ2v) is 6.54. The summed E-state index contributed by atoms with van der Waals surface area (Å²) in [6.45, 7) is 3.41. The SMILES string of the molecule is Cc1[nH]c(/C=C2\C(=O)Nc3cccc(-c4cnc(N)nc4)c32)c(C)c1C(=O)O. The smallest absolute Gasteiger partial charge is 0.337 e. The zero-order valence-corrected chi connectivity index (χ0v) is 15.2. The Morgan fingerprint density at radius 1 is 1.21 bits per heavy atom. The molecule has 1 amide bonds. The molecule has 0 atom stereocenters. The van der Waals surface area contributed by atoms with Crippen LogP contribution in [0.15, 0.2) is 30.6 Å². The number of nitrogen functional groups attached to an aromatic ring is 1. The lowest BCUT2D eigenvalue weighted by Crippen LogP contribution is -2.04. The van der Waals surface area contributed by atoms with Crippen molar-refractivity contribution >= 4 is 35.2 Å². The Morgan fingerprint density at radius 3 is 2.57 bits per heavy atom. The minimum Gasteiger partial charge on any atom is -0.478 e. The minimum atomic E-state index is -1.01. The van der Waals surface area contributed by atoms with Crippen molar-refractivity contribution in [3.05, 3.63) is 58.7 Å². The van der Waals surface area contributed by atoms with Crippen LogP contribution in [-0.2, 0) is 4.79 Å². The predicted molar refractivity (Wildman–Crippen MR) is 106 cm³/mol. The number of benzene rings is 1. The molecule has 0 fully saturated rings. The molecule has 8 heteroatoms. The first-order valence-corrected chi connectivity index (χ1v) is 8.53. The quantitative estimate of drug-likeness (QED) is 0.520. The first kappa shape index (κ1) is 17.5. The van der Waals surface area contributed by atoms with Gasteiger partial charge in [-0.1, -0.05) is 12.1 Å². The molecule has 1 aromatic carbocycles. The van der Waals surface area contributed by atoms with Gasteiger partial charge in [-0.25, -0.2) is 14.8 Å². The Hall–Kier alpha value is -3.94. The highest BCUT2D eigenvalue weighted by Crippen LogP contribution is 2.40. The van der Waals surface area contributed by atoms with Crippen LogP contribution in [0.25, 0.3) is 22.8 Å². The molecule has 0 bridgehead atoms. The van der Waals surface area contributed by atoms with Gasteiger partial charge >= 0.3 is 5.97 Å². The zero-order chi connectivity index (χ0) is 20.0. The van der Waals surface area contributed by atoms with Gasteiger partial charge in [0.1, 0.15) is 0 Å². The largest absolute Gasteiger partial charge is 0.478 e. The summed E-state index contributed by atoms with van der Waals surface area (Å²) in [6.07, 6.45) is 4.88. The average molecular weight is 375 g/mol. The maximum atomic E-state index is 12.6. The van der Waals surface area contributed by atoms with E-state index in [0.717, 1.165) is 11.1 Å². The van der Waals surface area contributed by atoms with E-state index in [-0.39, 0.29) is 17.4 Å². The van der Waals surface area contributed by atoms with E-state index in [0.29, 0.717) is 33.8 Å². The number of H-pyrrole nitrogens is 1. The van der Waals surface area contributed by atoms with Gasteiger partial charge in [0.25, 0.3) is 5.91 Å². The van der Waals surface area contributed by atoms with Gasteiger partial charge in [-0.3, -0.25) is 4.79 Å². The summed E-state index contributed by atoms with van der Waals surface area (Å²) < 4.78 is 0. The lowest BCUT2D eigenvalue weighted by Gasteiger charge is -2.08. The molecule has 2 aromatic heterocycles. The molecule has 8 nitrogen and oxygen atoms in total. The Balaban J connectivity index is 1.90. The molecule has 0 aliphatic carbocycles. The number of nitrogens with one attached hydrogen (secondary N) is 2. The topological polar surface area (TPSA) is 134 Å². The van der Waals surface area contributed by atoms with E-state index in [1.165, 1.54) is 0 Å². The fourth-order valence-electron chi connectivity index (χ4n) is 3.49. The number of aromatic amines is 1. The summed E-state index contributed by atoms with van der Waals surface area (Å²) in [5.74, 6) is -1.10. The highest BCUT2D eigenvalue weighted by molar-refractivity contribution is 6.36. The number of carbonyl (C=O) groups is 2. The van der Waals surface area contributed by atoms with E-state index < -0.39 is 5.97 Å². The van der Waals surface area contributed by atoms with Crippen LogP contribution >= 0.6 is 0 Å². The second kappa shape index (κ2) is 6.34. The summed E-state index contributed by atoms with van der Waals surface area (Å²) in [5, 5.41) is 12.3. The molecule has 0 spiro atoms.